The van der Waals surface area contributed by atoms with Crippen LogP contribution in [0.5, 0.6) is 0 Å². The molecule has 24 heavy (non-hydrogen) atoms. The zero-order valence-electron chi connectivity index (χ0n) is 12.5. The fraction of sp³-hybridized carbons (Fsp3) is 0.429. The van der Waals surface area contributed by atoms with Gasteiger partial charge in [-0.1, -0.05) is 0 Å². The smallest absolute Gasteiger partial charge is 0.417 e. The Bertz CT molecular complexity index is 958. The topological polar surface area (TPSA) is 122 Å². The van der Waals surface area contributed by atoms with Crippen molar-refractivity contribution >= 4 is 27.2 Å². The van der Waals surface area contributed by atoms with E-state index in [-0.39, 0.29) is 23.1 Å². The van der Waals surface area contributed by atoms with E-state index in [1.54, 1.807) is 4.90 Å². The summed E-state index contributed by atoms with van der Waals surface area (Å²) in [5, 5.41) is 0. The minimum atomic E-state index is -3.81. The number of aromatic amines is 1. The third-order valence-electron chi connectivity index (χ3n) is 4.09. The molecule has 1 aromatic carbocycles. The third-order valence-corrected chi connectivity index (χ3v) is 5.52. The van der Waals surface area contributed by atoms with Crippen LogP contribution in [-0.2, 0) is 14.8 Å². The van der Waals surface area contributed by atoms with Crippen molar-refractivity contribution in [2.24, 2.45) is 0 Å². The Balaban J connectivity index is 1.46. The summed E-state index contributed by atoms with van der Waals surface area (Å²) in [6.45, 7) is 0.379. The van der Waals surface area contributed by atoms with Crippen LogP contribution in [0.4, 0.5) is 4.79 Å². The van der Waals surface area contributed by atoms with Crippen molar-refractivity contribution in [3.05, 3.63) is 28.7 Å². The summed E-state index contributed by atoms with van der Waals surface area (Å²) in [5.74, 6) is -0.648. The molecular formula is C14H15N3O6S. The fourth-order valence-corrected chi connectivity index (χ4v) is 3.79. The van der Waals surface area contributed by atoms with Crippen LogP contribution in [0.3, 0.4) is 0 Å². The summed E-state index contributed by atoms with van der Waals surface area (Å²) in [5.41, 5.74) is 0.582. The van der Waals surface area contributed by atoms with Gasteiger partial charge in [0.2, 0.25) is 10.0 Å². The van der Waals surface area contributed by atoms with Crippen LogP contribution in [0, 0.1) is 0 Å². The molecule has 128 valence electrons. The lowest BCUT2D eigenvalue weighted by Crippen LogP contribution is -2.35. The number of fused-ring (bicyclic) bond motifs is 1. The van der Waals surface area contributed by atoms with Gasteiger partial charge in [-0.15, -0.1) is 0 Å². The molecule has 2 N–H and O–H groups in total. The maximum atomic E-state index is 12.4. The minimum Gasteiger partial charge on any atom is -0.443 e. The standard InChI is InChI=1S/C14H15N3O6S/c18-13-16-11-4-3-10(5-12(11)23-13)24(20,21)15-6-9-7-17(8-1-2-8)14(19)22-9/h3-5,8-9,15H,1-2,6-7H2,(H,16,18). The lowest BCUT2D eigenvalue weighted by molar-refractivity contribution is 0.133. The monoisotopic (exact) mass is 353 g/mol. The van der Waals surface area contributed by atoms with E-state index in [1.165, 1.54) is 18.2 Å². The Labute approximate surface area is 136 Å². The Morgan fingerprint density at radius 3 is 2.83 bits per heavy atom. The highest BCUT2D eigenvalue weighted by Gasteiger charge is 2.41. The van der Waals surface area contributed by atoms with Crippen molar-refractivity contribution in [3.63, 3.8) is 0 Å². The van der Waals surface area contributed by atoms with Gasteiger partial charge in [-0.3, -0.25) is 4.98 Å². The molecule has 2 aromatic rings. The highest BCUT2D eigenvalue weighted by atomic mass is 32.2. The number of nitrogens with one attached hydrogen (secondary N) is 2. The van der Waals surface area contributed by atoms with E-state index in [2.05, 4.69) is 9.71 Å². The maximum Gasteiger partial charge on any atom is 0.417 e. The second kappa shape index (κ2) is 5.35. The zero-order chi connectivity index (χ0) is 16.9. The average Bonchev–Trinajstić information content (AvgIpc) is 3.20. The van der Waals surface area contributed by atoms with E-state index in [0.29, 0.717) is 12.1 Å². The van der Waals surface area contributed by atoms with Gasteiger partial charge in [0, 0.05) is 18.7 Å². The molecule has 1 saturated carbocycles. The van der Waals surface area contributed by atoms with E-state index in [4.69, 9.17) is 9.15 Å². The van der Waals surface area contributed by atoms with Gasteiger partial charge in [0.05, 0.1) is 17.0 Å². The molecular weight excluding hydrogens is 338 g/mol. The number of carbonyl (C=O) groups excluding carboxylic acids is 1. The number of oxazole rings is 1. The Hall–Kier alpha value is -2.33. The normalized spacial score (nSPS) is 21.4. The number of H-pyrrole nitrogens is 1. The van der Waals surface area contributed by atoms with Crippen LogP contribution >= 0.6 is 0 Å². The first-order chi connectivity index (χ1) is 11.4. The molecule has 0 spiro atoms. The molecule has 0 bridgehead atoms. The van der Waals surface area contributed by atoms with Crippen LogP contribution in [-0.4, -0.2) is 49.6 Å². The molecule has 2 heterocycles. The van der Waals surface area contributed by atoms with Crippen molar-refractivity contribution in [3.8, 4) is 0 Å². The number of aromatic nitrogens is 1. The van der Waals surface area contributed by atoms with Crippen LogP contribution < -0.4 is 10.5 Å². The van der Waals surface area contributed by atoms with Gasteiger partial charge >= 0.3 is 11.8 Å². The number of carbonyl (C=O) groups is 1. The van der Waals surface area contributed by atoms with E-state index < -0.39 is 28.0 Å². The van der Waals surface area contributed by atoms with Gasteiger partial charge in [-0.25, -0.2) is 22.7 Å². The molecule has 1 aliphatic carbocycles. The van der Waals surface area contributed by atoms with E-state index in [9.17, 15) is 18.0 Å². The molecule has 10 heteroatoms. The predicted molar refractivity (Wildman–Crippen MR) is 82.0 cm³/mol. The number of ether oxygens (including phenoxy) is 1. The van der Waals surface area contributed by atoms with Gasteiger partial charge in [-0.2, -0.15) is 0 Å². The second-order valence-electron chi connectivity index (χ2n) is 5.91. The molecule has 4 rings (SSSR count). The van der Waals surface area contributed by atoms with Crippen LogP contribution in [0.15, 0.2) is 32.3 Å². The van der Waals surface area contributed by atoms with Crippen LogP contribution in [0.25, 0.3) is 11.1 Å². The molecule has 2 fully saturated rings. The summed E-state index contributed by atoms with van der Waals surface area (Å²) in [7, 11) is -3.81. The van der Waals surface area contributed by atoms with Gasteiger partial charge < -0.3 is 14.1 Å². The van der Waals surface area contributed by atoms with Crippen LogP contribution in [0.1, 0.15) is 12.8 Å². The maximum absolute atomic E-state index is 12.4. The van der Waals surface area contributed by atoms with Crippen molar-refractivity contribution < 1.29 is 22.4 Å². The Morgan fingerprint density at radius 1 is 1.29 bits per heavy atom. The van der Waals surface area contributed by atoms with Gasteiger partial charge in [0.25, 0.3) is 0 Å². The van der Waals surface area contributed by atoms with Crippen molar-refractivity contribution in [2.75, 3.05) is 13.1 Å². The molecule has 1 amide bonds. The number of nitrogens with zero attached hydrogens (tertiary/aromatic N) is 1. The van der Waals surface area contributed by atoms with Crippen molar-refractivity contribution in [2.45, 2.75) is 29.9 Å². The summed E-state index contributed by atoms with van der Waals surface area (Å²) >= 11 is 0. The highest BCUT2D eigenvalue weighted by molar-refractivity contribution is 7.89. The summed E-state index contributed by atoms with van der Waals surface area (Å²) < 4.78 is 37.2. The molecule has 1 saturated heterocycles. The molecule has 1 aliphatic heterocycles. The zero-order valence-corrected chi connectivity index (χ0v) is 13.3. The number of hydrogen-bond acceptors (Lipinski definition) is 6. The summed E-state index contributed by atoms with van der Waals surface area (Å²) in [4.78, 5) is 26.9. The predicted octanol–water partition coefficient (Wildman–Crippen LogP) is 0.383. The van der Waals surface area contributed by atoms with Crippen molar-refractivity contribution in [1.82, 2.24) is 14.6 Å². The summed E-state index contributed by atoms with van der Waals surface area (Å²) in [6.07, 6.45) is 1.03. The van der Waals surface area contributed by atoms with Gasteiger partial charge in [0.15, 0.2) is 5.58 Å². The number of rotatable bonds is 5. The fourth-order valence-electron chi connectivity index (χ4n) is 2.71. The lowest BCUT2D eigenvalue weighted by atomic mass is 10.3. The lowest BCUT2D eigenvalue weighted by Gasteiger charge is -2.11. The largest absolute Gasteiger partial charge is 0.443 e. The molecule has 0 radical (unpaired) electrons. The van der Waals surface area contributed by atoms with E-state index >= 15 is 0 Å². The molecule has 1 atom stereocenters. The SMILES string of the molecule is O=C1OC(CNS(=O)(=O)c2ccc3[nH]c(=O)oc3c2)CN1C1CC1. The molecule has 1 unspecified atom stereocenters. The number of sulfonamides is 1. The molecule has 1 aromatic heterocycles. The summed E-state index contributed by atoms with van der Waals surface area (Å²) in [6, 6.07) is 4.33. The van der Waals surface area contributed by atoms with Gasteiger partial charge in [-0.05, 0) is 25.0 Å². The third kappa shape index (κ3) is 2.78. The van der Waals surface area contributed by atoms with E-state index in [1.807, 2.05) is 0 Å². The Kier molecular flexibility index (Phi) is 3.39. The number of cyclic esters (lactones) is 1. The Morgan fingerprint density at radius 2 is 2.08 bits per heavy atom. The molecule has 2 aliphatic rings. The average molecular weight is 353 g/mol. The van der Waals surface area contributed by atoms with Gasteiger partial charge in [0.1, 0.15) is 6.10 Å². The van der Waals surface area contributed by atoms with Crippen LogP contribution in [0.2, 0.25) is 0 Å². The number of benzene rings is 1. The minimum absolute atomic E-state index is 0.00752. The number of hydrogen-bond donors (Lipinski definition) is 2. The second-order valence-corrected chi connectivity index (χ2v) is 7.68. The number of amides is 1. The quantitative estimate of drug-likeness (QED) is 0.801. The van der Waals surface area contributed by atoms with E-state index in [0.717, 1.165) is 12.8 Å². The highest BCUT2D eigenvalue weighted by Crippen LogP contribution is 2.30. The molecule has 9 nitrogen and oxygen atoms in total. The van der Waals surface area contributed by atoms with Crippen molar-refractivity contribution in [1.29, 1.82) is 0 Å². The first kappa shape index (κ1) is 15.2. The first-order valence-electron chi connectivity index (χ1n) is 7.52. The first-order valence-corrected chi connectivity index (χ1v) is 9.00.